The average Bonchev–Trinajstić information content (AvgIpc) is 2.63. The van der Waals surface area contributed by atoms with Crippen LogP contribution in [0.2, 0.25) is 0 Å². The summed E-state index contributed by atoms with van der Waals surface area (Å²) in [4.78, 5) is 14.4. The zero-order valence-corrected chi connectivity index (χ0v) is 16.4. The molecule has 146 valence electrons. The van der Waals surface area contributed by atoms with E-state index in [0.717, 1.165) is 29.3 Å². The highest BCUT2D eigenvalue weighted by molar-refractivity contribution is 7.92. The Labute approximate surface area is 156 Å². The first-order valence-corrected chi connectivity index (χ1v) is 10.8. The van der Waals surface area contributed by atoms with Crippen LogP contribution < -0.4 is 14.5 Å². The number of methoxy groups -OCH3 is 1. The Morgan fingerprint density at radius 1 is 1.19 bits per heavy atom. The summed E-state index contributed by atoms with van der Waals surface area (Å²) in [6, 6.07) is 7.39. The van der Waals surface area contributed by atoms with E-state index in [-0.39, 0.29) is 12.5 Å². The number of nitrogens with zero attached hydrogens (tertiary/aromatic N) is 2. The third kappa shape index (κ3) is 6.17. The van der Waals surface area contributed by atoms with Crippen molar-refractivity contribution in [3.05, 3.63) is 24.3 Å². The molecule has 1 heterocycles. The molecule has 0 aromatic heterocycles. The lowest BCUT2D eigenvalue weighted by Crippen LogP contribution is -2.40. The summed E-state index contributed by atoms with van der Waals surface area (Å²) in [5.41, 5.74) is 1.59. The van der Waals surface area contributed by atoms with Crippen molar-refractivity contribution in [2.45, 2.75) is 25.7 Å². The molecule has 1 aromatic rings. The predicted octanol–water partition coefficient (Wildman–Crippen LogP) is 1.60. The zero-order valence-electron chi connectivity index (χ0n) is 15.6. The van der Waals surface area contributed by atoms with Crippen LogP contribution in [0.5, 0.6) is 0 Å². The molecule has 1 amide bonds. The lowest BCUT2D eigenvalue weighted by Gasteiger charge is -2.29. The Kier molecular flexibility index (Phi) is 7.71. The molecule has 8 heteroatoms. The second-order valence-corrected chi connectivity index (χ2v) is 8.44. The summed E-state index contributed by atoms with van der Waals surface area (Å²) in [6.07, 6.45) is 5.42. The number of benzene rings is 1. The molecular weight excluding hydrogens is 354 g/mol. The van der Waals surface area contributed by atoms with Gasteiger partial charge in [-0.25, -0.2) is 8.42 Å². The van der Waals surface area contributed by atoms with Crippen molar-refractivity contribution in [2.75, 3.05) is 55.4 Å². The number of hydrogen-bond acceptors (Lipinski definition) is 5. The van der Waals surface area contributed by atoms with E-state index in [9.17, 15) is 13.2 Å². The maximum absolute atomic E-state index is 12.1. The average molecular weight is 384 g/mol. The molecule has 0 saturated carbocycles. The molecule has 2 rings (SSSR count). The van der Waals surface area contributed by atoms with Gasteiger partial charge in [-0.15, -0.1) is 0 Å². The van der Waals surface area contributed by atoms with Gasteiger partial charge in [-0.1, -0.05) is 0 Å². The molecule has 0 bridgehead atoms. The van der Waals surface area contributed by atoms with Gasteiger partial charge in [-0.2, -0.15) is 0 Å². The van der Waals surface area contributed by atoms with E-state index in [4.69, 9.17) is 4.74 Å². The standard InChI is InChI=1S/C18H29N3O4S/c1-25-14-6-11-19-18(22)15-21(26(2,23)24)17-9-7-16(8-10-17)20-12-4-3-5-13-20/h7-10H,3-6,11-15H2,1-2H3,(H,19,22). The molecule has 0 radical (unpaired) electrons. The summed E-state index contributed by atoms with van der Waals surface area (Å²) in [5.74, 6) is -0.327. The van der Waals surface area contributed by atoms with Gasteiger partial charge in [-0.05, 0) is 49.9 Å². The monoisotopic (exact) mass is 383 g/mol. The number of rotatable bonds is 9. The summed E-state index contributed by atoms with van der Waals surface area (Å²) in [7, 11) is -1.95. The lowest BCUT2D eigenvalue weighted by atomic mass is 10.1. The summed E-state index contributed by atoms with van der Waals surface area (Å²) in [5, 5.41) is 2.72. The van der Waals surface area contributed by atoms with Crippen LogP contribution in [0.1, 0.15) is 25.7 Å². The van der Waals surface area contributed by atoms with Gasteiger partial charge in [0.15, 0.2) is 0 Å². The minimum absolute atomic E-state index is 0.227. The van der Waals surface area contributed by atoms with Crippen molar-refractivity contribution >= 4 is 27.3 Å². The quantitative estimate of drug-likeness (QED) is 0.655. The van der Waals surface area contributed by atoms with Gasteiger partial charge >= 0.3 is 0 Å². The van der Waals surface area contributed by atoms with E-state index in [0.29, 0.717) is 25.3 Å². The van der Waals surface area contributed by atoms with Crippen LogP contribution in [-0.4, -0.2) is 60.5 Å². The molecule has 0 spiro atoms. The topological polar surface area (TPSA) is 79.0 Å². The van der Waals surface area contributed by atoms with Crippen molar-refractivity contribution in [1.82, 2.24) is 5.32 Å². The van der Waals surface area contributed by atoms with Gasteiger partial charge in [0.2, 0.25) is 15.9 Å². The first-order valence-electron chi connectivity index (χ1n) is 9.00. The third-order valence-corrected chi connectivity index (χ3v) is 5.53. The fraction of sp³-hybridized carbons (Fsp3) is 0.611. The highest BCUT2D eigenvalue weighted by atomic mass is 32.2. The summed E-state index contributed by atoms with van der Waals surface area (Å²) >= 11 is 0. The van der Waals surface area contributed by atoms with E-state index in [1.807, 2.05) is 12.1 Å². The molecule has 1 fully saturated rings. The summed E-state index contributed by atoms with van der Waals surface area (Å²) < 4.78 is 30.4. The molecule has 0 atom stereocenters. The van der Waals surface area contributed by atoms with Crippen molar-refractivity contribution in [3.8, 4) is 0 Å². The highest BCUT2D eigenvalue weighted by Crippen LogP contribution is 2.24. The minimum atomic E-state index is -3.55. The molecule has 0 unspecified atom stereocenters. The smallest absolute Gasteiger partial charge is 0.240 e. The Morgan fingerprint density at radius 2 is 1.85 bits per heavy atom. The maximum Gasteiger partial charge on any atom is 0.240 e. The van der Waals surface area contributed by atoms with Gasteiger partial charge < -0.3 is 15.0 Å². The molecule has 26 heavy (non-hydrogen) atoms. The van der Waals surface area contributed by atoms with Gasteiger partial charge in [0.05, 0.1) is 11.9 Å². The van der Waals surface area contributed by atoms with Gasteiger partial charge in [0, 0.05) is 39.0 Å². The van der Waals surface area contributed by atoms with E-state index in [1.165, 1.54) is 19.3 Å². The van der Waals surface area contributed by atoms with Crippen LogP contribution in [-0.2, 0) is 19.6 Å². The van der Waals surface area contributed by atoms with Crippen LogP contribution in [0.15, 0.2) is 24.3 Å². The molecule has 1 aliphatic heterocycles. The number of carbonyl (C=O) groups excluding carboxylic acids is 1. The first kappa shape index (κ1) is 20.5. The Balaban J connectivity index is 2.03. The second-order valence-electron chi connectivity index (χ2n) is 6.53. The third-order valence-electron chi connectivity index (χ3n) is 4.39. The molecule has 1 N–H and O–H groups in total. The Morgan fingerprint density at radius 3 is 2.42 bits per heavy atom. The normalized spacial score (nSPS) is 14.9. The van der Waals surface area contributed by atoms with Crippen LogP contribution in [0.3, 0.4) is 0 Å². The van der Waals surface area contributed by atoms with Crippen LogP contribution in [0.4, 0.5) is 11.4 Å². The van der Waals surface area contributed by atoms with E-state index >= 15 is 0 Å². The molecular formula is C18H29N3O4S. The fourth-order valence-corrected chi connectivity index (χ4v) is 3.87. The maximum atomic E-state index is 12.1. The largest absolute Gasteiger partial charge is 0.385 e. The summed E-state index contributed by atoms with van der Waals surface area (Å²) in [6.45, 7) is 2.83. The van der Waals surface area contributed by atoms with Gasteiger partial charge in [0.1, 0.15) is 6.54 Å². The molecule has 0 aliphatic carbocycles. The number of ether oxygens (including phenoxy) is 1. The van der Waals surface area contributed by atoms with E-state index in [1.54, 1.807) is 19.2 Å². The van der Waals surface area contributed by atoms with Crippen molar-refractivity contribution < 1.29 is 17.9 Å². The van der Waals surface area contributed by atoms with Gasteiger partial charge in [-0.3, -0.25) is 9.10 Å². The Hall–Kier alpha value is -1.80. The van der Waals surface area contributed by atoms with Crippen molar-refractivity contribution in [1.29, 1.82) is 0 Å². The number of nitrogens with one attached hydrogen (secondary N) is 1. The Bertz CT molecular complexity index is 670. The number of amides is 1. The molecule has 7 nitrogen and oxygen atoms in total. The molecule has 1 aromatic carbocycles. The first-order chi connectivity index (χ1) is 12.4. The number of hydrogen-bond donors (Lipinski definition) is 1. The zero-order chi connectivity index (χ0) is 19.0. The van der Waals surface area contributed by atoms with Crippen molar-refractivity contribution in [3.63, 3.8) is 0 Å². The number of piperidine rings is 1. The number of sulfonamides is 1. The van der Waals surface area contributed by atoms with Crippen molar-refractivity contribution in [2.24, 2.45) is 0 Å². The minimum Gasteiger partial charge on any atom is -0.385 e. The predicted molar refractivity (Wildman–Crippen MR) is 104 cm³/mol. The lowest BCUT2D eigenvalue weighted by molar-refractivity contribution is -0.119. The van der Waals surface area contributed by atoms with E-state index in [2.05, 4.69) is 10.2 Å². The van der Waals surface area contributed by atoms with Crippen LogP contribution >= 0.6 is 0 Å². The van der Waals surface area contributed by atoms with Crippen LogP contribution in [0, 0.1) is 0 Å². The fourth-order valence-electron chi connectivity index (χ4n) is 3.01. The highest BCUT2D eigenvalue weighted by Gasteiger charge is 2.21. The second kappa shape index (κ2) is 9.78. The number of carbonyl (C=O) groups is 1. The SMILES string of the molecule is COCCCNC(=O)CN(c1ccc(N2CCCCC2)cc1)S(C)(=O)=O. The van der Waals surface area contributed by atoms with E-state index < -0.39 is 10.0 Å². The molecule has 1 saturated heterocycles. The van der Waals surface area contributed by atoms with Gasteiger partial charge in [0.25, 0.3) is 0 Å². The van der Waals surface area contributed by atoms with Crippen LogP contribution in [0.25, 0.3) is 0 Å². The molecule has 1 aliphatic rings. The number of anilines is 2.